The average Bonchev–Trinajstić information content (AvgIpc) is 2.93. The highest BCUT2D eigenvalue weighted by molar-refractivity contribution is 8.01. The minimum atomic E-state index is -2.09. The van der Waals surface area contributed by atoms with Crippen molar-refractivity contribution in [3.05, 3.63) is 33.8 Å². The van der Waals surface area contributed by atoms with Gasteiger partial charge in [0.1, 0.15) is 17.5 Å². The lowest BCUT2D eigenvalue weighted by Gasteiger charge is -2.50. The van der Waals surface area contributed by atoms with Crippen LogP contribution in [0.1, 0.15) is 25.5 Å². The van der Waals surface area contributed by atoms with Crippen LogP contribution >= 0.6 is 35.0 Å². The van der Waals surface area contributed by atoms with E-state index >= 15 is 0 Å². The van der Waals surface area contributed by atoms with Crippen molar-refractivity contribution in [3.8, 4) is 0 Å². The summed E-state index contributed by atoms with van der Waals surface area (Å²) in [7, 11) is 1.07. The second-order valence-corrected chi connectivity index (χ2v) is 10.0. The number of hydrogen-bond acceptors (Lipinski definition) is 7. The quantitative estimate of drug-likeness (QED) is 0.327. The molecule has 1 aromatic rings. The van der Waals surface area contributed by atoms with Crippen LogP contribution in [0.5, 0.6) is 0 Å². The lowest BCUT2D eigenvalue weighted by atomic mass is 9.84. The highest BCUT2D eigenvalue weighted by atomic mass is 35.5. The number of hydrogen-bond donors (Lipinski definition) is 3. The summed E-state index contributed by atoms with van der Waals surface area (Å²) in [5.74, 6) is -3.94. The molecule has 12 heteroatoms. The van der Waals surface area contributed by atoms with E-state index in [9.17, 15) is 24.3 Å². The molecule has 162 valence electrons. The molecule has 0 saturated carbocycles. The fourth-order valence-electron chi connectivity index (χ4n) is 3.74. The summed E-state index contributed by atoms with van der Waals surface area (Å²) in [6, 6.07) is 1.88. The summed E-state index contributed by atoms with van der Waals surface area (Å²) in [6.07, 6.45) is 0. The number of carboxylic acid groups (broad SMARTS) is 1. The van der Waals surface area contributed by atoms with E-state index in [0.717, 1.165) is 23.8 Å². The van der Waals surface area contributed by atoms with E-state index in [0.29, 0.717) is 5.02 Å². The SMILES string of the molecule is COC(=O)[C@]1(NC(=O)C(N)c2ccc(Cl)cc2Cl)C(=O)N2[C@@H](C(=O)O)C(C)(C)S[C@@H]21. The van der Waals surface area contributed by atoms with Crippen molar-refractivity contribution in [2.45, 2.75) is 41.6 Å². The number of methoxy groups -OCH3 is 1. The zero-order chi connectivity index (χ0) is 22.6. The number of carboxylic acids is 1. The average molecular weight is 476 g/mol. The van der Waals surface area contributed by atoms with Gasteiger partial charge in [-0.3, -0.25) is 9.59 Å². The molecule has 2 aliphatic heterocycles. The van der Waals surface area contributed by atoms with Crippen LogP contribution < -0.4 is 11.1 Å². The number of halogens is 2. The van der Waals surface area contributed by atoms with Gasteiger partial charge in [0.25, 0.3) is 5.91 Å². The number of nitrogens with two attached hydrogens (primary N) is 1. The monoisotopic (exact) mass is 475 g/mol. The second kappa shape index (κ2) is 7.60. The Morgan fingerprint density at radius 1 is 1.33 bits per heavy atom. The lowest BCUT2D eigenvalue weighted by Crippen LogP contribution is -2.83. The third kappa shape index (κ3) is 3.22. The summed E-state index contributed by atoms with van der Waals surface area (Å²) in [6.45, 7) is 3.29. The Kier molecular flexibility index (Phi) is 5.74. The van der Waals surface area contributed by atoms with Crippen LogP contribution in [0.3, 0.4) is 0 Å². The summed E-state index contributed by atoms with van der Waals surface area (Å²) in [5, 5.41) is 11.5. The molecule has 0 aromatic heterocycles. The van der Waals surface area contributed by atoms with Crippen molar-refractivity contribution in [1.29, 1.82) is 0 Å². The first kappa shape index (κ1) is 22.7. The second-order valence-electron chi connectivity index (χ2n) is 7.46. The van der Waals surface area contributed by atoms with Gasteiger partial charge in [0.05, 0.1) is 7.11 Å². The Morgan fingerprint density at radius 2 is 1.97 bits per heavy atom. The molecule has 2 aliphatic rings. The molecule has 2 amide bonds. The topological polar surface area (TPSA) is 139 Å². The molecule has 4 N–H and O–H groups in total. The van der Waals surface area contributed by atoms with E-state index in [1.54, 1.807) is 13.8 Å². The molecule has 0 spiro atoms. The number of nitrogens with zero attached hydrogens (tertiary/aromatic N) is 1. The van der Waals surface area contributed by atoms with Gasteiger partial charge in [0, 0.05) is 14.8 Å². The lowest BCUT2D eigenvalue weighted by molar-refractivity contribution is -0.180. The molecule has 2 heterocycles. The molecule has 0 radical (unpaired) electrons. The number of carbonyl (C=O) groups excluding carboxylic acids is 3. The molecule has 1 unspecified atom stereocenters. The van der Waals surface area contributed by atoms with E-state index in [1.807, 2.05) is 0 Å². The van der Waals surface area contributed by atoms with Gasteiger partial charge in [0.15, 0.2) is 0 Å². The molecular weight excluding hydrogens is 457 g/mol. The van der Waals surface area contributed by atoms with Crippen LogP contribution in [-0.4, -0.2) is 62.6 Å². The first-order valence-corrected chi connectivity index (χ1v) is 10.4. The Morgan fingerprint density at radius 3 is 2.50 bits per heavy atom. The van der Waals surface area contributed by atoms with Gasteiger partial charge in [-0.1, -0.05) is 29.3 Å². The van der Waals surface area contributed by atoms with Crippen LogP contribution in [0.15, 0.2) is 18.2 Å². The first-order valence-electron chi connectivity index (χ1n) is 8.73. The van der Waals surface area contributed by atoms with E-state index in [-0.39, 0.29) is 10.6 Å². The number of nitrogens with one attached hydrogen (secondary N) is 1. The molecule has 9 nitrogen and oxygen atoms in total. The number of esters is 1. The molecule has 2 saturated heterocycles. The smallest absolute Gasteiger partial charge is 0.344 e. The Labute approximate surface area is 186 Å². The van der Waals surface area contributed by atoms with E-state index in [2.05, 4.69) is 5.32 Å². The molecule has 3 rings (SSSR count). The Hall–Kier alpha value is -2.01. The number of thioether (sulfide) groups is 1. The fourth-order valence-corrected chi connectivity index (χ4v) is 5.95. The van der Waals surface area contributed by atoms with Crippen molar-refractivity contribution in [2.75, 3.05) is 7.11 Å². The Bertz CT molecular complexity index is 958. The number of aliphatic carboxylic acids is 1. The normalized spacial score (nSPS) is 27.7. The minimum absolute atomic E-state index is 0.140. The van der Waals surface area contributed by atoms with Gasteiger partial charge in [-0.15, -0.1) is 11.8 Å². The molecule has 4 atom stereocenters. The third-order valence-corrected chi connectivity index (χ3v) is 7.39. The number of carbonyl (C=O) groups is 4. The molecule has 1 aromatic carbocycles. The van der Waals surface area contributed by atoms with Gasteiger partial charge in [0.2, 0.25) is 11.4 Å². The maximum atomic E-state index is 13.0. The van der Waals surface area contributed by atoms with Crippen molar-refractivity contribution < 1.29 is 29.0 Å². The zero-order valence-corrected chi connectivity index (χ0v) is 18.5. The maximum Gasteiger partial charge on any atom is 0.344 e. The van der Waals surface area contributed by atoms with Crippen molar-refractivity contribution in [2.24, 2.45) is 5.73 Å². The predicted octanol–water partition coefficient (Wildman–Crippen LogP) is 1.17. The largest absolute Gasteiger partial charge is 0.480 e. The maximum absolute atomic E-state index is 13.0. The molecular formula is C18H19Cl2N3O6S. The summed E-state index contributed by atoms with van der Waals surface area (Å²) >= 11 is 13.1. The minimum Gasteiger partial charge on any atom is -0.480 e. The summed E-state index contributed by atoms with van der Waals surface area (Å²) in [4.78, 5) is 51.3. The Balaban J connectivity index is 1.95. The van der Waals surface area contributed by atoms with Crippen LogP contribution in [0.25, 0.3) is 0 Å². The summed E-state index contributed by atoms with van der Waals surface area (Å²) in [5.41, 5.74) is 4.16. The van der Waals surface area contributed by atoms with E-state index in [4.69, 9.17) is 33.7 Å². The predicted molar refractivity (Wildman–Crippen MR) is 110 cm³/mol. The number of fused-ring (bicyclic) bond motifs is 1. The third-order valence-electron chi connectivity index (χ3n) is 5.19. The van der Waals surface area contributed by atoms with E-state index in [1.165, 1.54) is 18.2 Å². The van der Waals surface area contributed by atoms with Gasteiger partial charge in [-0.2, -0.15) is 0 Å². The van der Waals surface area contributed by atoms with Crippen molar-refractivity contribution in [3.63, 3.8) is 0 Å². The summed E-state index contributed by atoms with van der Waals surface area (Å²) < 4.78 is 3.87. The number of ether oxygens (including phenoxy) is 1. The van der Waals surface area contributed by atoms with Crippen molar-refractivity contribution in [1.82, 2.24) is 10.2 Å². The van der Waals surface area contributed by atoms with Crippen LogP contribution in [-0.2, 0) is 23.9 Å². The van der Waals surface area contributed by atoms with E-state index < -0.39 is 51.5 Å². The first-order chi connectivity index (χ1) is 13.9. The number of amides is 2. The van der Waals surface area contributed by atoms with Crippen LogP contribution in [0.4, 0.5) is 0 Å². The molecule has 0 bridgehead atoms. The standard InChI is InChI=1S/C18H19Cl2N3O6S/c1-17(2)11(13(25)26)23-14(27)18(15(23)30-17,16(28)29-3)22-12(24)10(21)8-5-4-7(19)6-9(8)20/h4-6,10-11,15H,21H2,1-3H3,(H,22,24)(H,25,26)/t10?,11-,15+,18-/m0/s1. The number of benzene rings is 1. The van der Waals surface area contributed by atoms with Crippen LogP contribution in [0, 0.1) is 0 Å². The highest BCUT2D eigenvalue weighted by Crippen LogP contribution is 2.55. The number of rotatable bonds is 5. The molecule has 2 fully saturated rings. The molecule has 0 aliphatic carbocycles. The van der Waals surface area contributed by atoms with Gasteiger partial charge in [-0.05, 0) is 31.5 Å². The van der Waals surface area contributed by atoms with Gasteiger partial charge >= 0.3 is 11.9 Å². The van der Waals surface area contributed by atoms with Gasteiger partial charge < -0.3 is 25.8 Å². The van der Waals surface area contributed by atoms with Crippen LogP contribution in [0.2, 0.25) is 10.0 Å². The fraction of sp³-hybridized carbons (Fsp3) is 0.444. The molecule has 30 heavy (non-hydrogen) atoms. The van der Waals surface area contributed by atoms with Crippen molar-refractivity contribution >= 4 is 58.7 Å². The zero-order valence-electron chi connectivity index (χ0n) is 16.1. The van der Waals surface area contributed by atoms with Gasteiger partial charge in [-0.25, -0.2) is 9.59 Å². The number of β-lactam (4-membered cyclic amide) rings is 1. The highest BCUT2D eigenvalue weighted by Gasteiger charge is 2.76.